The molecule has 1 unspecified atom stereocenters. The fraction of sp³-hybridized carbons (Fsp3) is 0.500. The van der Waals surface area contributed by atoms with Gasteiger partial charge in [0.25, 0.3) is 0 Å². The van der Waals surface area contributed by atoms with Crippen LogP contribution in [0, 0.1) is 0 Å². The molecule has 0 amide bonds. The van der Waals surface area contributed by atoms with E-state index >= 15 is 0 Å². The van der Waals surface area contributed by atoms with Crippen LogP contribution < -0.4 is 10.1 Å². The average molecular weight is 228 g/mol. The number of rotatable bonds is 2. The van der Waals surface area contributed by atoms with Crippen molar-refractivity contribution in [3.8, 4) is 5.75 Å². The molecule has 0 aromatic heterocycles. The van der Waals surface area contributed by atoms with Gasteiger partial charge in [0.15, 0.2) is 0 Å². The fourth-order valence-electron chi connectivity index (χ4n) is 2.11. The van der Waals surface area contributed by atoms with Crippen LogP contribution in [0.25, 0.3) is 0 Å². The Hall–Kier alpha value is -0.730. The van der Waals surface area contributed by atoms with Crippen molar-refractivity contribution in [3.63, 3.8) is 0 Å². The zero-order valence-corrected chi connectivity index (χ0v) is 10.1. The van der Waals surface area contributed by atoms with E-state index in [0.717, 1.165) is 12.3 Å². The predicted octanol–water partition coefficient (Wildman–Crippen LogP) is 2.72. The molecule has 2 nitrogen and oxygen atoms in total. The Morgan fingerprint density at radius 3 is 2.80 bits per heavy atom. The van der Waals surface area contributed by atoms with Gasteiger partial charge in [-0.05, 0) is 44.0 Å². The third kappa shape index (κ3) is 2.44. The standard InChI is InChI=1S/C12H17NO.ClH/c1-12(7-4-8-13-12)10-5-3-6-11(9-10)14-2;/h3,5-6,9,13H,4,7-8H2,1-2H3;1H. The Labute approximate surface area is 97.4 Å². The molecular formula is C12H18ClNO. The largest absolute Gasteiger partial charge is 0.497 e. The molecule has 1 aromatic carbocycles. The molecule has 1 aromatic rings. The molecule has 1 fully saturated rings. The lowest BCUT2D eigenvalue weighted by atomic mass is 9.90. The highest BCUT2D eigenvalue weighted by Crippen LogP contribution is 2.31. The highest BCUT2D eigenvalue weighted by Gasteiger charge is 2.29. The molecule has 1 saturated heterocycles. The van der Waals surface area contributed by atoms with Gasteiger partial charge in [0, 0.05) is 5.54 Å². The second-order valence-electron chi connectivity index (χ2n) is 4.09. The molecule has 1 heterocycles. The number of ether oxygens (including phenoxy) is 1. The van der Waals surface area contributed by atoms with Gasteiger partial charge in [-0.25, -0.2) is 0 Å². The van der Waals surface area contributed by atoms with Crippen molar-refractivity contribution in [1.82, 2.24) is 5.32 Å². The highest BCUT2D eigenvalue weighted by atomic mass is 35.5. The molecule has 84 valence electrons. The van der Waals surface area contributed by atoms with E-state index in [1.54, 1.807) is 7.11 Å². The van der Waals surface area contributed by atoms with E-state index in [-0.39, 0.29) is 17.9 Å². The van der Waals surface area contributed by atoms with E-state index < -0.39 is 0 Å². The maximum Gasteiger partial charge on any atom is 0.119 e. The second kappa shape index (κ2) is 4.86. The normalized spacial score (nSPS) is 24.7. The Bertz CT molecular complexity index is 321. The molecule has 1 atom stereocenters. The number of benzene rings is 1. The number of halogens is 1. The molecule has 0 bridgehead atoms. The van der Waals surface area contributed by atoms with Crippen LogP contribution in [0.15, 0.2) is 24.3 Å². The van der Waals surface area contributed by atoms with Gasteiger partial charge < -0.3 is 10.1 Å². The van der Waals surface area contributed by atoms with Gasteiger partial charge in [-0.2, -0.15) is 0 Å². The van der Waals surface area contributed by atoms with E-state index in [9.17, 15) is 0 Å². The quantitative estimate of drug-likeness (QED) is 0.839. The van der Waals surface area contributed by atoms with Crippen LogP contribution in [0.1, 0.15) is 25.3 Å². The van der Waals surface area contributed by atoms with Gasteiger partial charge in [0.2, 0.25) is 0 Å². The van der Waals surface area contributed by atoms with E-state index in [0.29, 0.717) is 0 Å². The van der Waals surface area contributed by atoms with Crippen molar-refractivity contribution in [3.05, 3.63) is 29.8 Å². The summed E-state index contributed by atoms with van der Waals surface area (Å²) in [5, 5.41) is 3.55. The van der Waals surface area contributed by atoms with E-state index in [2.05, 4.69) is 30.4 Å². The average Bonchev–Trinajstić information content (AvgIpc) is 2.67. The molecule has 2 rings (SSSR count). The zero-order chi connectivity index (χ0) is 10.0. The molecule has 1 aliphatic rings. The van der Waals surface area contributed by atoms with Crippen molar-refractivity contribution in [2.24, 2.45) is 0 Å². The van der Waals surface area contributed by atoms with Crippen LogP contribution in [0.4, 0.5) is 0 Å². The predicted molar refractivity (Wildman–Crippen MR) is 64.8 cm³/mol. The zero-order valence-electron chi connectivity index (χ0n) is 9.25. The van der Waals surface area contributed by atoms with Gasteiger partial charge >= 0.3 is 0 Å². The van der Waals surface area contributed by atoms with Crippen molar-refractivity contribution < 1.29 is 4.74 Å². The molecule has 0 spiro atoms. The third-order valence-electron chi connectivity index (χ3n) is 3.08. The summed E-state index contributed by atoms with van der Waals surface area (Å²) < 4.78 is 5.23. The minimum Gasteiger partial charge on any atom is -0.497 e. The summed E-state index contributed by atoms with van der Waals surface area (Å²) in [4.78, 5) is 0. The maximum atomic E-state index is 5.23. The van der Waals surface area contributed by atoms with Crippen molar-refractivity contribution in [2.45, 2.75) is 25.3 Å². The minimum atomic E-state index is 0. The number of hydrogen-bond donors (Lipinski definition) is 1. The molecule has 3 heteroatoms. The maximum absolute atomic E-state index is 5.23. The molecule has 0 radical (unpaired) electrons. The van der Waals surface area contributed by atoms with Crippen LogP contribution in [0.2, 0.25) is 0 Å². The second-order valence-corrected chi connectivity index (χ2v) is 4.09. The van der Waals surface area contributed by atoms with Crippen LogP contribution in [0.3, 0.4) is 0 Å². The SMILES string of the molecule is COc1cccc(C2(C)CCCN2)c1.Cl. The van der Waals surface area contributed by atoms with E-state index in [1.807, 2.05) is 6.07 Å². The van der Waals surface area contributed by atoms with Crippen LogP contribution in [0.5, 0.6) is 5.75 Å². The number of hydrogen-bond acceptors (Lipinski definition) is 2. The summed E-state index contributed by atoms with van der Waals surface area (Å²) in [5.74, 6) is 0.942. The lowest BCUT2D eigenvalue weighted by molar-refractivity contribution is 0.404. The Balaban J connectivity index is 0.00000112. The molecular weight excluding hydrogens is 210 g/mol. The molecule has 0 aliphatic carbocycles. The first-order valence-electron chi connectivity index (χ1n) is 5.14. The van der Waals surface area contributed by atoms with Gasteiger partial charge in [-0.3, -0.25) is 0 Å². The van der Waals surface area contributed by atoms with Crippen LogP contribution in [-0.4, -0.2) is 13.7 Å². The van der Waals surface area contributed by atoms with Gasteiger partial charge in [-0.15, -0.1) is 12.4 Å². The highest BCUT2D eigenvalue weighted by molar-refractivity contribution is 5.85. The smallest absolute Gasteiger partial charge is 0.119 e. The van der Waals surface area contributed by atoms with Crippen molar-refractivity contribution in [2.75, 3.05) is 13.7 Å². The van der Waals surface area contributed by atoms with Gasteiger partial charge in [-0.1, -0.05) is 12.1 Å². The first-order valence-corrected chi connectivity index (χ1v) is 5.14. The van der Waals surface area contributed by atoms with E-state index in [1.165, 1.54) is 18.4 Å². The van der Waals surface area contributed by atoms with E-state index in [4.69, 9.17) is 4.74 Å². The third-order valence-corrected chi connectivity index (χ3v) is 3.08. The first kappa shape index (κ1) is 12.3. The molecule has 0 saturated carbocycles. The summed E-state index contributed by atoms with van der Waals surface area (Å²) in [5.41, 5.74) is 1.48. The molecule has 1 N–H and O–H groups in total. The Morgan fingerprint density at radius 1 is 1.40 bits per heavy atom. The first-order chi connectivity index (χ1) is 6.74. The molecule has 15 heavy (non-hydrogen) atoms. The molecule has 1 aliphatic heterocycles. The minimum absolute atomic E-state index is 0. The van der Waals surface area contributed by atoms with Crippen molar-refractivity contribution in [1.29, 1.82) is 0 Å². The Morgan fingerprint density at radius 2 is 2.20 bits per heavy atom. The lowest BCUT2D eigenvalue weighted by Gasteiger charge is -2.25. The summed E-state index contributed by atoms with van der Waals surface area (Å²) >= 11 is 0. The van der Waals surface area contributed by atoms with Gasteiger partial charge in [0.05, 0.1) is 7.11 Å². The van der Waals surface area contributed by atoms with Crippen LogP contribution in [-0.2, 0) is 5.54 Å². The summed E-state index contributed by atoms with van der Waals surface area (Å²) in [6, 6.07) is 8.33. The lowest BCUT2D eigenvalue weighted by Crippen LogP contribution is -2.32. The number of methoxy groups -OCH3 is 1. The van der Waals surface area contributed by atoms with Gasteiger partial charge in [0.1, 0.15) is 5.75 Å². The Kier molecular flexibility index (Phi) is 4.00. The summed E-state index contributed by atoms with van der Waals surface area (Å²) in [7, 11) is 1.71. The summed E-state index contributed by atoms with van der Waals surface area (Å²) in [6.07, 6.45) is 2.47. The fourth-order valence-corrected chi connectivity index (χ4v) is 2.11. The summed E-state index contributed by atoms with van der Waals surface area (Å²) in [6.45, 7) is 3.38. The monoisotopic (exact) mass is 227 g/mol. The number of nitrogens with one attached hydrogen (secondary N) is 1. The van der Waals surface area contributed by atoms with Crippen LogP contribution >= 0.6 is 12.4 Å². The van der Waals surface area contributed by atoms with Crippen molar-refractivity contribution >= 4 is 12.4 Å². The topological polar surface area (TPSA) is 21.3 Å².